The summed E-state index contributed by atoms with van der Waals surface area (Å²) < 4.78 is 12.7. The fourth-order valence-corrected chi connectivity index (χ4v) is 1.77. The van der Waals surface area contributed by atoms with E-state index in [9.17, 15) is 9.18 Å². The van der Waals surface area contributed by atoms with Crippen molar-refractivity contribution >= 4 is 5.78 Å². The molecule has 2 heteroatoms. The van der Waals surface area contributed by atoms with Crippen LogP contribution in [0.15, 0.2) is 48.5 Å². The summed E-state index contributed by atoms with van der Waals surface area (Å²) >= 11 is 0. The summed E-state index contributed by atoms with van der Waals surface area (Å²) in [4.78, 5) is 12.0. The Kier molecular flexibility index (Phi) is 3.33. The van der Waals surface area contributed by atoms with Gasteiger partial charge in [-0.1, -0.05) is 36.4 Å². The molecule has 0 amide bonds. The lowest BCUT2D eigenvalue weighted by molar-refractivity contribution is 0.0992. The number of ketones is 1. The second kappa shape index (κ2) is 4.91. The predicted molar refractivity (Wildman–Crippen MR) is 65.6 cm³/mol. The quantitative estimate of drug-likeness (QED) is 0.734. The SMILES string of the molecule is Cc1ccccc1C(=O)Cc1ccc(F)cc1. The monoisotopic (exact) mass is 228 g/mol. The van der Waals surface area contributed by atoms with Crippen LogP contribution in [0.25, 0.3) is 0 Å². The van der Waals surface area contributed by atoms with Gasteiger partial charge in [0.1, 0.15) is 5.82 Å². The minimum Gasteiger partial charge on any atom is -0.294 e. The molecule has 2 aromatic carbocycles. The fraction of sp³-hybridized carbons (Fsp3) is 0.133. The van der Waals surface area contributed by atoms with Gasteiger partial charge < -0.3 is 0 Å². The molecule has 86 valence electrons. The summed E-state index contributed by atoms with van der Waals surface area (Å²) in [6, 6.07) is 13.5. The first-order valence-corrected chi connectivity index (χ1v) is 5.50. The molecule has 0 spiro atoms. The number of carbonyl (C=O) groups excluding carboxylic acids is 1. The van der Waals surface area contributed by atoms with Gasteiger partial charge in [0.25, 0.3) is 0 Å². The largest absolute Gasteiger partial charge is 0.294 e. The van der Waals surface area contributed by atoms with Crippen molar-refractivity contribution < 1.29 is 9.18 Å². The van der Waals surface area contributed by atoms with Crippen molar-refractivity contribution in [2.45, 2.75) is 13.3 Å². The minimum atomic E-state index is -0.280. The average molecular weight is 228 g/mol. The minimum absolute atomic E-state index is 0.0645. The normalized spacial score (nSPS) is 10.2. The lowest BCUT2D eigenvalue weighted by atomic mass is 9.99. The van der Waals surface area contributed by atoms with Crippen LogP contribution >= 0.6 is 0 Å². The molecule has 0 bridgehead atoms. The standard InChI is InChI=1S/C15H13FO/c1-11-4-2-3-5-14(11)15(17)10-12-6-8-13(16)9-7-12/h2-9H,10H2,1H3. The number of benzene rings is 2. The maximum atomic E-state index is 12.7. The van der Waals surface area contributed by atoms with Gasteiger partial charge in [-0.15, -0.1) is 0 Å². The van der Waals surface area contributed by atoms with E-state index in [1.54, 1.807) is 12.1 Å². The lowest BCUT2D eigenvalue weighted by Crippen LogP contribution is -2.05. The molecule has 0 heterocycles. The van der Waals surface area contributed by atoms with Crippen molar-refractivity contribution in [3.05, 3.63) is 71.0 Å². The smallest absolute Gasteiger partial charge is 0.167 e. The van der Waals surface area contributed by atoms with Crippen LogP contribution in [0.2, 0.25) is 0 Å². The van der Waals surface area contributed by atoms with Gasteiger partial charge in [0.15, 0.2) is 5.78 Å². The number of hydrogen-bond donors (Lipinski definition) is 0. The Balaban J connectivity index is 2.17. The molecule has 0 aliphatic rings. The van der Waals surface area contributed by atoms with Gasteiger partial charge in [0, 0.05) is 12.0 Å². The summed E-state index contributed by atoms with van der Waals surface area (Å²) in [5, 5.41) is 0. The molecule has 2 rings (SSSR count). The fourth-order valence-electron chi connectivity index (χ4n) is 1.77. The Hall–Kier alpha value is -1.96. The van der Waals surface area contributed by atoms with Crippen LogP contribution in [0.5, 0.6) is 0 Å². The van der Waals surface area contributed by atoms with Crippen molar-refractivity contribution in [1.29, 1.82) is 0 Å². The van der Waals surface area contributed by atoms with E-state index in [-0.39, 0.29) is 11.6 Å². The van der Waals surface area contributed by atoms with Crippen LogP contribution in [0.4, 0.5) is 4.39 Å². The molecular formula is C15H13FO. The number of aryl methyl sites for hydroxylation is 1. The molecule has 0 radical (unpaired) electrons. The van der Waals surface area contributed by atoms with E-state index in [0.29, 0.717) is 6.42 Å². The number of hydrogen-bond acceptors (Lipinski definition) is 1. The molecule has 0 aliphatic carbocycles. The van der Waals surface area contributed by atoms with Crippen LogP contribution in [-0.2, 0) is 6.42 Å². The Morgan fingerprint density at radius 1 is 1.06 bits per heavy atom. The molecular weight excluding hydrogens is 215 g/mol. The first-order valence-electron chi connectivity index (χ1n) is 5.50. The summed E-state index contributed by atoms with van der Waals surface area (Å²) in [5.74, 6) is -0.216. The van der Waals surface area contributed by atoms with Gasteiger partial charge >= 0.3 is 0 Å². The van der Waals surface area contributed by atoms with Gasteiger partial charge in [0.2, 0.25) is 0 Å². The Morgan fingerprint density at radius 3 is 2.35 bits per heavy atom. The molecule has 0 aromatic heterocycles. The molecule has 0 saturated carbocycles. The summed E-state index contributed by atoms with van der Waals surface area (Å²) in [6.07, 6.45) is 0.311. The van der Waals surface area contributed by atoms with Gasteiger partial charge in [-0.05, 0) is 30.2 Å². The predicted octanol–water partition coefficient (Wildman–Crippen LogP) is 3.56. The highest BCUT2D eigenvalue weighted by atomic mass is 19.1. The Bertz CT molecular complexity index is 529. The molecule has 0 saturated heterocycles. The van der Waals surface area contributed by atoms with E-state index < -0.39 is 0 Å². The molecule has 1 nitrogen and oxygen atoms in total. The van der Waals surface area contributed by atoms with Crippen LogP contribution < -0.4 is 0 Å². The van der Waals surface area contributed by atoms with Gasteiger partial charge in [0.05, 0.1) is 0 Å². The van der Waals surface area contributed by atoms with E-state index in [1.165, 1.54) is 12.1 Å². The first kappa shape index (κ1) is 11.5. The average Bonchev–Trinajstić information content (AvgIpc) is 2.32. The van der Waals surface area contributed by atoms with E-state index >= 15 is 0 Å². The van der Waals surface area contributed by atoms with E-state index in [0.717, 1.165) is 16.7 Å². The zero-order valence-electron chi connectivity index (χ0n) is 9.61. The van der Waals surface area contributed by atoms with E-state index in [4.69, 9.17) is 0 Å². The number of rotatable bonds is 3. The van der Waals surface area contributed by atoms with Gasteiger partial charge in [-0.25, -0.2) is 4.39 Å². The van der Waals surface area contributed by atoms with Crippen LogP contribution in [0, 0.1) is 12.7 Å². The zero-order chi connectivity index (χ0) is 12.3. The van der Waals surface area contributed by atoms with Gasteiger partial charge in [-0.2, -0.15) is 0 Å². The van der Waals surface area contributed by atoms with Crippen LogP contribution in [0.3, 0.4) is 0 Å². The molecule has 17 heavy (non-hydrogen) atoms. The van der Waals surface area contributed by atoms with Crippen LogP contribution in [0.1, 0.15) is 21.5 Å². The molecule has 0 N–H and O–H groups in total. The number of halogens is 1. The molecule has 0 aliphatic heterocycles. The van der Waals surface area contributed by atoms with Crippen molar-refractivity contribution in [3.8, 4) is 0 Å². The highest BCUT2D eigenvalue weighted by molar-refractivity contribution is 5.98. The second-order valence-corrected chi connectivity index (χ2v) is 4.04. The number of carbonyl (C=O) groups is 1. The highest BCUT2D eigenvalue weighted by Gasteiger charge is 2.09. The third-order valence-corrected chi connectivity index (χ3v) is 2.72. The number of Topliss-reactive ketones (excluding diaryl/α,β-unsaturated/α-hetero) is 1. The molecule has 0 unspecified atom stereocenters. The van der Waals surface area contributed by atoms with E-state index in [1.807, 2.05) is 31.2 Å². The van der Waals surface area contributed by atoms with Crippen LogP contribution in [-0.4, -0.2) is 5.78 Å². The second-order valence-electron chi connectivity index (χ2n) is 4.04. The maximum Gasteiger partial charge on any atom is 0.167 e. The lowest BCUT2D eigenvalue weighted by Gasteiger charge is -2.04. The summed E-state index contributed by atoms with van der Waals surface area (Å²) in [7, 11) is 0. The summed E-state index contributed by atoms with van der Waals surface area (Å²) in [5.41, 5.74) is 2.54. The van der Waals surface area contributed by atoms with Crippen molar-refractivity contribution in [1.82, 2.24) is 0 Å². The van der Waals surface area contributed by atoms with Gasteiger partial charge in [-0.3, -0.25) is 4.79 Å². The first-order chi connectivity index (χ1) is 8.16. The topological polar surface area (TPSA) is 17.1 Å². The highest BCUT2D eigenvalue weighted by Crippen LogP contribution is 2.12. The van der Waals surface area contributed by atoms with E-state index in [2.05, 4.69) is 0 Å². The Morgan fingerprint density at radius 2 is 1.71 bits per heavy atom. The molecule has 0 atom stereocenters. The van der Waals surface area contributed by atoms with Crippen molar-refractivity contribution in [2.24, 2.45) is 0 Å². The molecule has 2 aromatic rings. The zero-order valence-corrected chi connectivity index (χ0v) is 9.61. The third-order valence-electron chi connectivity index (χ3n) is 2.72. The van der Waals surface area contributed by atoms with Crippen molar-refractivity contribution in [2.75, 3.05) is 0 Å². The Labute approximate surface area is 99.9 Å². The van der Waals surface area contributed by atoms with Crippen molar-refractivity contribution in [3.63, 3.8) is 0 Å². The maximum absolute atomic E-state index is 12.7. The molecule has 0 fully saturated rings. The summed E-state index contributed by atoms with van der Waals surface area (Å²) in [6.45, 7) is 1.91. The third kappa shape index (κ3) is 2.78.